The van der Waals surface area contributed by atoms with Gasteiger partial charge in [0.15, 0.2) is 5.78 Å². The lowest BCUT2D eigenvalue weighted by Gasteiger charge is -2.10. The van der Waals surface area contributed by atoms with Gasteiger partial charge >= 0.3 is 0 Å². The molecule has 0 amide bonds. The predicted molar refractivity (Wildman–Crippen MR) is 76.2 cm³/mol. The molecule has 0 bridgehead atoms. The number of ketones is 1. The zero-order valence-electron chi connectivity index (χ0n) is 11.5. The molecule has 0 aliphatic carbocycles. The summed E-state index contributed by atoms with van der Waals surface area (Å²) in [7, 11) is 1.59. The number of methoxy groups -OCH3 is 1. The van der Waals surface area contributed by atoms with Crippen LogP contribution in [0.1, 0.15) is 41.8 Å². The minimum atomic E-state index is 0.0943. The minimum Gasteiger partial charge on any atom is -0.496 e. The Morgan fingerprint density at radius 3 is 2.61 bits per heavy atom. The molecule has 0 aromatic heterocycles. The van der Waals surface area contributed by atoms with E-state index in [1.807, 2.05) is 45.1 Å². The van der Waals surface area contributed by atoms with Crippen molar-refractivity contribution in [3.8, 4) is 5.75 Å². The molecule has 0 heterocycles. The molecule has 1 aromatic rings. The summed E-state index contributed by atoms with van der Waals surface area (Å²) in [6, 6.07) is 3.79. The van der Waals surface area contributed by atoms with E-state index in [0.717, 1.165) is 16.7 Å². The van der Waals surface area contributed by atoms with E-state index in [1.54, 1.807) is 7.11 Å². The molecule has 18 heavy (non-hydrogen) atoms. The van der Waals surface area contributed by atoms with Crippen LogP contribution in [0.25, 0.3) is 6.08 Å². The highest BCUT2D eigenvalue weighted by Gasteiger charge is 2.12. The summed E-state index contributed by atoms with van der Waals surface area (Å²) in [5.41, 5.74) is 3.73. The Balaban J connectivity index is 3.29. The van der Waals surface area contributed by atoms with E-state index < -0.39 is 0 Å². The first-order valence-electron chi connectivity index (χ1n) is 6.05. The van der Waals surface area contributed by atoms with Gasteiger partial charge in [-0.3, -0.25) is 4.79 Å². The van der Waals surface area contributed by atoms with Crippen LogP contribution < -0.4 is 4.74 Å². The molecular formula is C16H20O2. The summed E-state index contributed by atoms with van der Waals surface area (Å²) in [6.45, 7) is 9.62. The lowest BCUT2D eigenvalue weighted by Crippen LogP contribution is -2.02. The van der Waals surface area contributed by atoms with E-state index in [9.17, 15) is 4.79 Å². The average Bonchev–Trinajstić information content (AvgIpc) is 2.35. The molecule has 0 spiro atoms. The molecule has 2 nitrogen and oxygen atoms in total. The first-order valence-corrected chi connectivity index (χ1v) is 6.05. The lowest BCUT2D eigenvalue weighted by atomic mass is 9.99. The van der Waals surface area contributed by atoms with Gasteiger partial charge in [0.25, 0.3) is 0 Å². The summed E-state index contributed by atoms with van der Waals surface area (Å²) in [6.07, 6.45) is 4.39. The van der Waals surface area contributed by atoms with Crippen LogP contribution in [0, 0.1) is 6.92 Å². The highest BCUT2D eigenvalue weighted by molar-refractivity contribution is 5.99. The van der Waals surface area contributed by atoms with Gasteiger partial charge in [-0.1, -0.05) is 31.2 Å². The summed E-state index contributed by atoms with van der Waals surface area (Å²) < 4.78 is 5.27. The Morgan fingerprint density at radius 2 is 2.11 bits per heavy atom. The molecule has 0 saturated heterocycles. The third-order valence-corrected chi connectivity index (χ3v) is 2.76. The molecular weight excluding hydrogens is 224 g/mol. The van der Waals surface area contributed by atoms with Crippen molar-refractivity contribution < 1.29 is 9.53 Å². The van der Waals surface area contributed by atoms with Gasteiger partial charge in [-0.25, -0.2) is 0 Å². The fraction of sp³-hybridized carbons (Fsp3) is 0.312. The van der Waals surface area contributed by atoms with Gasteiger partial charge in [0.2, 0.25) is 0 Å². The Hall–Kier alpha value is -1.83. The maximum Gasteiger partial charge on any atom is 0.166 e. The molecule has 0 unspecified atom stereocenters. The molecule has 0 aliphatic heterocycles. The zero-order valence-corrected chi connectivity index (χ0v) is 11.5. The molecule has 0 fully saturated rings. The van der Waals surface area contributed by atoms with Crippen molar-refractivity contribution in [1.29, 1.82) is 0 Å². The number of aryl methyl sites for hydroxylation is 1. The number of carbonyl (C=O) groups excluding carboxylic acids is 1. The maximum atomic E-state index is 11.9. The quantitative estimate of drug-likeness (QED) is 0.573. The molecule has 1 rings (SSSR count). The summed E-state index contributed by atoms with van der Waals surface area (Å²) >= 11 is 0. The normalized spacial score (nSPS) is 10.7. The van der Waals surface area contributed by atoms with E-state index in [-0.39, 0.29) is 5.78 Å². The SMILES string of the molecule is C=C(C)/C=C\c1cc(C(=O)CC)c(OC)cc1C. The van der Waals surface area contributed by atoms with E-state index >= 15 is 0 Å². The lowest BCUT2D eigenvalue weighted by molar-refractivity contribution is 0.0985. The van der Waals surface area contributed by atoms with Crippen molar-refractivity contribution in [3.05, 3.63) is 47.1 Å². The van der Waals surface area contributed by atoms with Crippen molar-refractivity contribution in [2.45, 2.75) is 27.2 Å². The average molecular weight is 244 g/mol. The van der Waals surface area contributed by atoms with Crippen molar-refractivity contribution in [3.63, 3.8) is 0 Å². The summed E-state index contributed by atoms with van der Waals surface area (Å²) in [4.78, 5) is 11.9. The summed E-state index contributed by atoms with van der Waals surface area (Å²) in [5.74, 6) is 0.739. The van der Waals surface area contributed by atoms with E-state index in [1.165, 1.54) is 0 Å². The fourth-order valence-corrected chi connectivity index (χ4v) is 1.69. The first-order chi connectivity index (χ1) is 8.49. The maximum absolute atomic E-state index is 11.9. The second-order valence-corrected chi connectivity index (χ2v) is 4.37. The van der Waals surface area contributed by atoms with Crippen LogP contribution in [0.2, 0.25) is 0 Å². The summed E-state index contributed by atoms with van der Waals surface area (Å²) in [5, 5.41) is 0. The monoisotopic (exact) mass is 244 g/mol. The third kappa shape index (κ3) is 3.33. The Bertz CT molecular complexity index is 496. The van der Waals surface area contributed by atoms with E-state index in [4.69, 9.17) is 4.74 Å². The second kappa shape index (κ2) is 6.20. The number of rotatable bonds is 5. The van der Waals surface area contributed by atoms with Gasteiger partial charge < -0.3 is 4.74 Å². The molecule has 0 saturated carbocycles. The number of hydrogen-bond donors (Lipinski definition) is 0. The van der Waals surface area contributed by atoms with Crippen LogP contribution in [0.15, 0.2) is 30.4 Å². The van der Waals surface area contributed by atoms with Crippen LogP contribution in [0.4, 0.5) is 0 Å². The highest BCUT2D eigenvalue weighted by Crippen LogP contribution is 2.25. The Kier molecular flexibility index (Phi) is 4.90. The van der Waals surface area contributed by atoms with Crippen molar-refractivity contribution >= 4 is 11.9 Å². The first kappa shape index (κ1) is 14.2. The molecule has 0 N–H and O–H groups in total. The molecule has 0 aliphatic rings. The fourth-order valence-electron chi connectivity index (χ4n) is 1.69. The van der Waals surface area contributed by atoms with Crippen LogP contribution in [0.5, 0.6) is 5.75 Å². The topological polar surface area (TPSA) is 26.3 Å². The van der Waals surface area contributed by atoms with Gasteiger partial charge in [-0.2, -0.15) is 0 Å². The Morgan fingerprint density at radius 1 is 1.44 bits per heavy atom. The minimum absolute atomic E-state index is 0.0943. The number of hydrogen-bond acceptors (Lipinski definition) is 2. The Labute approximate surface area is 109 Å². The van der Waals surface area contributed by atoms with Crippen LogP contribution >= 0.6 is 0 Å². The smallest absolute Gasteiger partial charge is 0.166 e. The predicted octanol–water partition coefficient (Wildman–Crippen LogP) is 4.19. The molecule has 96 valence electrons. The number of benzene rings is 1. The van der Waals surface area contributed by atoms with Crippen molar-refractivity contribution in [2.24, 2.45) is 0 Å². The zero-order chi connectivity index (χ0) is 13.7. The standard InChI is InChI=1S/C16H20O2/c1-6-15(17)14-10-13(8-7-11(2)3)12(4)9-16(14)18-5/h7-10H,2,6H2,1,3-5H3/b8-7-. The highest BCUT2D eigenvalue weighted by atomic mass is 16.5. The van der Waals surface area contributed by atoms with Gasteiger partial charge in [0.05, 0.1) is 12.7 Å². The van der Waals surface area contributed by atoms with Gasteiger partial charge in [-0.05, 0) is 37.1 Å². The largest absolute Gasteiger partial charge is 0.496 e. The van der Waals surface area contributed by atoms with E-state index in [2.05, 4.69) is 6.58 Å². The van der Waals surface area contributed by atoms with Crippen molar-refractivity contribution in [2.75, 3.05) is 7.11 Å². The third-order valence-electron chi connectivity index (χ3n) is 2.76. The van der Waals surface area contributed by atoms with Gasteiger partial charge in [-0.15, -0.1) is 0 Å². The number of Topliss-reactive ketones (excluding diaryl/α,β-unsaturated/α-hetero) is 1. The van der Waals surface area contributed by atoms with E-state index in [0.29, 0.717) is 17.7 Å². The number of allylic oxidation sites excluding steroid dienone is 2. The molecule has 0 radical (unpaired) electrons. The second-order valence-electron chi connectivity index (χ2n) is 4.37. The van der Waals surface area contributed by atoms with Gasteiger partial charge in [0.1, 0.15) is 5.75 Å². The van der Waals surface area contributed by atoms with Crippen LogP contribution in [-0.4, -0.2) is 12.9 Å². The van der Waals surface area contributed by atoms with Crippen LogP contribution in [-0.2, 0) is 0 Å². The molecule has 1 aromatic carbocycles. The van der Waals surface area contributed by atoms with Crippen LogP contribution in [0.3, 0.4) is 0 Å². The van der Waals surface area contributed by atoms with Crippen molar-refractivity contribution in [1.82, 2.24) is 0 Å². The van der Waals surface area contributed by atoms with Gasteiger partial charge in [0, 0.05) is 6.42 Å². The number of carbonyl (C=O) groups is 1. The molecule has 2 heteroatoms. The molecule has 0 atom stereocenters. The number of ether oxygens (including phenoxy) is 1.